The fraction of sp³-hybridized carbons (Fsp3) is 0.316. The summed E-state index contributed by atoms with van der Waals surface area (Å²) in [4.78, 5) is 26.5. The molecule has 3 rings (SSSR count). The number of aromatic nitrogens is 2. The Hall–Kier alpha value is -2.71. The summed E-state index contributed by atoms with van der Waals surface area (Å²) in [6.07, 6.45) is 5.38. The molecule has 0 saturated heterocycles. The van der Waals surface area contributed by atoms with Crippen LogP contribution in [-0.4, -0.2) is 33.8 Å². The monoisotopic (exact) mass is 386 g/mol. The van der Waals surface area contributed by atoms with E-state index in [1.54, 1.807) is 16.6 Å². The smallest absolute Gasteiger partial charge is 0.268 e. The van der Waals surface area contributed by atoms with Crippen molar-refractivity contribution >= 4 is 39.7 Å². The van der Waals surface area contributed by atoms with Crippen molar-refractivity contribution in [2.75, 3.05) is 11.4 Å². The van der Waals surface area contributed by atoms with E-state index in [1.165, 1.54) is 11.3 Å². The second-order valence-corrected chi connectivity index (χ2v) is 7.22. The predicted molar refractivity (Wildman–Crippen MR) is 105 cm³/mol. The third-order valence-corrected chi connectivity index (χ3v) is 5.23. The number of nitrogens with one attached hydrogen (secondary N) is 2. The Morgan fingerprint density at radius 1 is 1.19 bits per heavy atom. The molecule has 3 N–H and O–H groups in total. The van der Waals surface area contributed by atoms with E-state index in [4.69, 9.17) is 5.21 Å². The highest BCUT2D eigenvalue weighted by atomic mass is 32.1. The number of benzene rings is 1. The summed E-state index contributed by atoms with van der Waals surface area (Å²) in [5, 5.41) is 18.3. The molecule has 2 aromatic heterocycles. The van der Waals surface area contributed by atoms with Crippen molar-refractivity contribution in [1.82, 2.24) is 15.7 Å². The second-order valence-electron chi connectivity index (χ2n) is 6.27. The molecule has 142 valence electrons. The number of H-pyrrole nitrogens is 1. The third kappa shape index (κ3) is 4.93. The van der Waals surface area contributed by atoms with Crippen LogP contribution in [0.1, 0.15) is 41.8 Å². The molecule has 2 heterocycles. The van der Waals surface area contributed by atoms with Gasteiger partial charge in [0.05, 0.1) is 16.6 Å². The molecule has 0 unspecified atom stereocenters. The minimum atomic E-state index is -0.363. The first-order valence-electron chi connectivity index (χ1n) is 8.90. The molecule has 27 heavy (non-hydrogen) atoms. The van der Waals surface area contributed by atoms with Gasteiger partial charge in [-0.25, -0.2) is 5.48 Å². The van der Waals surface area contributed by atoms with Crippen LogP contribution in [0.4, 0.5) is 5.69 Å². The van der Waals surface area contributed by atoms with Gasteiger partial charge in [0.15, 0.2) is 0 Å². The lowest BCUT2D eigenvalue weighted by Crippen LogP contribution is -2.31. The van der Waals surface area contributed by atoms with Gasteiger partial charge in [-0.3, -0.25) is 19.9 Å². The maximum Gasteiger partial charge on any atom is 0.268 e. The van der Waals surface area contributed by atoms with E-state index in [0.29, 0.717) is 24.3 Å². The molecule has 0 saturated carbocycles. The summed E-state index contributed by atoms with van der Waals surface area (Å²) < 4.78 is 0. The van der Waals surface area contributed by atoms with E-state index < -0.39 is 0 Å². The quantitative estimate of drug-likeness (QED) is 0.296. The molecule has 1 aromatic carbocycles. The van der Waals surface area contributed by atoms with Gasteiger partial charge in [-0.2, -0.15) is 5.10 Å². The molecular formula is C19H22N4O3S. The maximum atomic E-state index is 13.0. The van der Waals surface area contributed by atoms with E-state index >= 15 is 0 Å². The number of thiophene rings is 1. The molecule has 0 aliphatic carbocycles. The van der Waals surface area contributed by atoms with Gasteiger partial charge in [0.2, 0.25) is 5.91 Å². The van der Waals surface area contributed by atoms with E-state index in [2.05, 4.69) is 10.2 Å². The highest BCUT2D eigenvalue weighted by Crippen LogP contribution is 2.24. The number of unbranched alkanes of at least 4 members (excludes halogenated alkanes) is 3. The standard InChI is InChI=1S/C19H22N4O3S/c24-18(22-26)7-3-1-2-4-10-23(19(25)17-6-5-11-27-17)15-8-9-16-14(12-15)13-20-21-16/h5-6,8-9,11-13,26H,1-4,7,10H2,(H,20,21)(H,22,24). The Morgan fingerprint density at radius 3 is 2.81 bits per heavy atom. The topological polar surface area (TPSA) is 98.3 Å². The first kappa shape index (κ1) is 19.1. The van der Waals surface area contributed by atoms with Gasteiger partial charge in [0, 0.05) is 24.0 Å². The molecule has 0 spiro atoms. The average molecular weight is 386 g/mol. The van der Waals surface area contributed by atoms with Crippen molar-refractivity contribution in [3.63, 3.8) is 0 Å². The molecule has 7 nitrogen and oxygen atoms in total. The van der Waals surface area contributed by atoms with E-state index in [0.717, 1.165) is 35.9 Å². The van der Waals surface area contributed by atoms with Crippen LogP contribution in [0, 0.1) is 0 Å². The zero-order valence-electron chi connectivity index (χ0n) is 14.9. The van der Waals surface area contributed by atoms with Crippen LogP contribution in [0.5, 0.6) is 0 Å². The number of carbonyl (C=O) groups excluding carboxylic acids is 2. The van der Waals surface area contributed by atoms with Crippen LogP contribution in [0.15, 0.2) is 41.9 Å². The fourth-order valence-electron chi connectivity index (χ4n) is 2.94. The lowest BCUT2D eigenvalue weighted by atomic mass is 10.1. The van der Waals surface area contributed by atoms with Gasteiger partial charge in [0.25, 0.3) is 5.91 Å². The lowest BCUT2D eigenvalue weighted by molar-refractivity contribution is -0.129. The van der Waals surface area contributed by atoms with Gasteiger partial charge >= 0.3 is 0 Å². The number of amides is 2. The molecule has 8 heteroatoms. The fourth-order valence-corrected chi connectivity index (χ4v) is 3.62. The molecular weight excluding hydrogens is 364 g/mol. The predicted octanol–water partition coefficient (Wildman–Crippen LogP) is 3.73. The molecule has 0 bridgehead atoms. The number of rotatable bonds is 9. The Morgan fingerprint density at radius 2 is 2.04 bits per heavy atom. The Bertz CT molecular complexity index is 891. The lowest BCUT2D eigenvalue weighted by Gasteiger charge is -2.22. The van der Waals surface area contributed by atoms with Crippen molar-refractivity contribution in [3.05, 3.63) is 46.8 Å². The first-order valence-corrected chi connectivity index (χ1v) is 9.78. The summed E-state index contributed by atoms with van der Waals surface area (Å²) >= 11 is 1.43. The number of hydrogen-bond acceptors (Lipinski definition) is 5. The number of hydroxylamine groups is 1. The van der Waals surface area contributed by atoms with Crippen LogP contribution >= 0.6 is 11.3 Å². The number of anilines is 1. The number of hydrogen-bond donors (Lipinski definition) is 3. The minimum absolute atomic E-state index is 0.00694. The summed E-state index contributed by atoms with van der Waals surface area (Å²) in [6, 6.07) is 9.54. The Kier molecular flexibility index (Phi) is 6.56. The van der Waals surface area contributed by atoms with Gasteiger partial charge in [-0.15, -0.1) is 11.3 Å². The number of aromatic amines is 1. The van der Waals surface area contributed by atoms with Crippen LogP contribution in [-0.2, 0) is 4.79 Å². The SMILES string of the molecule is O=C(CCCCCCN(C(=O)c1cccs1)c1ccc2[nH]ncc2c1)NO. The minimum Gasteiger partial charge on any atom is -0.308 e. The molecule has 0 fully saturated rings. The molecule has 0 atom stereocenters. The maximum absolute atomic E-state index is 13.0. The normalized spacial score (nSPS) is 10.9. The Labute approximate surface area is 161 Å². The van der Waals surface area contributed by atoms with Gasteiger partial charge < -0.3 is 4.90 Å². The van der Waals surface area contributed by atoms with Crippen molar-refractivity contribution in [3.8, 4) is 0 Å². The van der Waals surface area contributed by atoms with Crippen LogP contribution < -0.4 is 10.4 Å². The summed E-state index contributed by atoms with van der Waals surface area (Å²) in [7, 11) is 0. The summed E-state index contributed by atoms with van der Waals surface area (Å²) in [5.41, 5.74) is 3.42. The zero-order chi connectivity index (χ0) is 19.1. The van der Waals surface area contributed by atoms with E-state index in [9.17, 15) is 9.59 Å². The number of nitrogens with zero attached hydrogens (tertiary/aromatic N) is 2. The van der Waals surface area contributed by atoms with E-state index in [-0.39, 0.29) is 11.8 Å². The van der Waals surface area contributed by atoms with Gasteiger partial charge in [-0.1, -0.05) is 18.9 Å². The van der Waals surface area contributed by atoms with E-state index in [1.807, 2.05) is 35.7 Å². The van der Waals surface area contributed by atoms with Gasteiger partial charge in [-0.05, 0) is 42.5 Å². The van der Waals surface area contributed by atoms with Crippen molar-refractivity contribution in [2.24, 2.45) is 0 Å². The van der Waals surface area contributed by atoms with Crippen LogP contribution in [0.2, 0.25) is 0 Å². The molecule has 0 aliphatic rings. The highest BCUT2D eigenvalue weighted by molar-refractivity contribution is 7.12. The second kappa shape index (κ2) is 9.29. The molecule has 0 radical (unpaired) electrons. The van der Waals surface area contributed by atoms with Crippen molar-refractivity contribution < 1.29 is 14.8 Å². The molecule has 0 aliphatic heterocycles. The molecule has 2 amide bonds. The number of carbonyl (C=O) groups is 2. The average Bonchev–Trinajstić information content (AvgIpc) is 3.37. The first-order chi connectivity index (χ1) is 13.2. The number of fused-ring (bicyclic) bond motifs is 1. The van der Waals surface area contributed by atoms with Crippen molar-refractivity contribution in [1.29, 1.82) is 0 Å². The third-order valence-electron chi connectivity index (χ3n) is 4.37. The van der Waals surface area contributed by atoms with Gasteiger partial charge in [0.1, 0.15) is 0 Å². The Balaban J connectivity index is 1.65. The van der Waals surface area contributed by atoms with Crippen molar-refractivity contribution in [2.45, 2.75) is 32.1 Å². The zero-order valence-corrected chi connectivity index (χ0v) is 15.7. The summed E-state index contributed by atoms with van der Waals surface area (Å²) in [6.45, 7) is 0.603. The molecule has 3 aromatic rings. The van der Waals surface area contributed by atoms with Crippen LogP contribution in [0.3, 0.4) is 0 Å². The van der Waals surface area contributed by atoms with Crippen LogP contribution in [0.25, 0.3) is 10.9 Å². The highest BCUT2D eigenvalue weighted by Gasteiger charge is 2.18. The largest absolute Gasteiger partial charge is 0.308 e. The summed E-state index contributed by atoms with van der Waals surface area (Å²) in [5.74, 6) is -0.370.